The van der Waals surface area contributed by atoms with Gasteiger partial charge in [-0.25, -0.2) is 0 Å². The van der Waals surface area contributed by atoms with Crippen LogP contribution in [0, 0.1) is 6.92 Å². The van der Waals surface area contributed by atoms with E-state index in [1.54, 1.807) is 0 Å². The first kappa shape index (κ1) is 11.7. The Morgan fingerprint density at radius 3 is 3.06 bits per heavy atom. The van der Waals surface area contributed by atoms with Crippen molar-refractivity contribution in [2.75, 3.05) is 18.9 Å². The van der Waals surface area contributed by atoms with E-state index in [0.29, 0.717) is 12.5 Å². The second-order valence-electron chi connectivity index (χ2n) is 4.53. The van der Waals surface area contributed by atoms with Crippen molar-refractivity contribution in [1.29, 1.82) is 0 Å². The highest BCUT2D eigenvalue weighted by molar-refractivity contribution is 7.14. The van der Waals surface area contributed by atoms with Crippen molar-refractivity contribution in [3.63, 3.8) is 0 Å². The van der Waals surface area contributed by atoms with Crippen LogP contribution in [0.15, 0.2) is 9.90 Å². The lowest BCUT2D eigenvalue weighted by molar-refractivity contribution is 0.0773. The molecule has 5 nitrogen and oxygen atoms in total. The fourth-order valence-corrected chi connectivity index (χ4v) is 2.95. The molecule has 0 bridgehead atoms. The Bertz CT molecular complexity index is 543. The van der Waals surface area contributed by atoms with E-state index < -0.39 is 0 Å². The molecule has 1 saturated heterocycles. The molecule has 3 heterocycles. The third-order valence-corrected chi connectivity index (χ3v) is 4.29. The minimum Gasteiger partial charge on any atom is -0.397 e. The van der Waals surface area contributed by atoms with Crippen LogP contribution in [0.1, 0.15) is 30.1 Å². The predicted octanol–water partition coefficient (Wildman–Crippen LogP) is 2.58. The third-order valence-electron chi connectivity index (χ3n) is 3.18. The monoisotopic (exact) mass is 265 g/mol. The van der Waals surface area contributed by atoms with Gasteiger partial charge in [0.1, 0.15) is 4.88 Å². The average Bonchev–Trinajstić information content (AvgIpc) is 3.00. The standard InChI is InChI=1S/C12H15N3O2S/c1-7-6-18-10(9(7)13)12-14-11(15-17-12)8-3-2-4-16-5-8/h6,8H,2-5,13H2,1H3. The number of hydrogen-bond acceptors (Lipinski definition) is 6. The molecular formula is C12H15N3O2S. The van der Waals surface area contributed by atoms with E-state index in [9.17, 15) is 0 Å². The van der Waals surface area contributed by atoms with Crippen LogP contribution in [0.3, 0.4) is 0 Å². The van der Waals surface area contributed by atoms with Gasteiger partial charge >= 0.3 is 0 Å². The maximum absolute atomic E-state index is 5.98. The van der Waals surface area contributed by atoms with E-state index in [-0.39, 0.29) is 5.92 Å². The number of nitrogens with two attached hydrogens (primary N) is 1. The number of aromatic nitrogens is 2. The Balaban J connectivity index is 1.87. The number of anilines is 1. The molecule has 0 amide bonds. The molecule has 1 unspecified atom stereocenters. The Morgan fingerprint density at radius 2 is 2.39 bits per heavy atom. The molecule has 6 heteroatoms. The molecule has 0 spiro atoms. The summed E-state index contributed by atoms with van der Waals surface area (Å²) in [6.45, 7) is 3.48. The van der Waals surface area contributed by atoms with Gasteiger partial charge in [-0.3, -0.25) is 0 Å². The summed E-state index contributed by atoms with van der Waals surface area (Å²) in [5.74, 6) is 1.50. The van der Waals surface area contributed by atoms with Gasteiger partial charge in [0, 0.05) is 12.5 Å². The Labute approximate surface area is 109 Å². The van der Waals surface area contributed by atoms with Crippen LogP contribution in [0.25, 0.3) is 10.8 Å². The zero-order valence-corrected chi connectivity index (χ0v) is 11.0. The predicted molar refractivity (Wildman–Crippen MR) is 69.6 cm³/mol. The lowest BCUT2D eigenvalue weighted by Crippen LogP contribution is -2.16. The number of nitrogen functional groups attached to an aromatic ring is 1. The van der Waals surface area contributed by atoms with Gasteiger partial charge in [-0.15, -0.1) is 11.3 Å². The minimum absolute atomic E-state index is 0.249. The van der Waals surface area contributed by atoms with Crippen LogP contribution in [-0.2, 0) is 4.74 Å². The smallest absolute Gasteiger partial charge is 0.270 e. The Morgan fingerprint density at radius 1 is 1.50 bits per heavy atom. The van der Waals surface area contributed by atoms with Crippen molar-refractivity contribution in [2.24, 2.45) is 0 Å². The first-order valence-electron chi connectivity index (χ1n) is 6.01. The van der Waals surface area contributed by atoms with Gasteiger partial charge in [0.25, 0.3) is 5.89 Å². The van der Waals surface area contributed by atoms with Crippen LogP contribution in [0.4, 0.5) is 5.69 Å². The molecule has 0 aromatic carbocycles. The molecule has 1 atom stereocenters. The quantitative estimate of drug-likeness (QED) is 0.903. The molecule has 1 aliphatic rings. The summed E-state index contributed by atoms with van der Waals surface area (Å²) in [6, 6.07) is 0. The van der Waals surface area contributed by atoms with Crippen molar-refractivity contribution >= 4 is 17.0 Å². The number of aryl methyl sites for hydroxylation is 1. The number of hydrogen-bond donors (Lipinski definition) is 1. The zero-order valence-electron chi connectivity index (χ0n) is 10.2. The molecule has 0 aliphatic carbocycles. The average molecular weight is 265 g/mol. The second kappa shape index (κ2) is 4.70. The summed E-state index contributed by atoms with van der Waals surface area (Å²) >= 11 is 1.54. The number of thiophene rings is 1. The maximum atomic E-state index is 5.98. The van der Waals surface area contributed by atoms with Gasteiger partial charge in [0.15, 0.2) is 5.82 Å². The van der Waals surface area contributed by atoms with Crippen molar-refractivity contribution in [2.45, 2.75) is 25.7 Å². The molecule has 1 fully saturated rings. The van der Waals surface area contributed by atoms with Gasteiger partial charge in [-0.05, 0) is 30.7 Å². The van der Waals surface area contributed by atoms with Crippen LogP contribution < -0.4 is 5.73 Å². The minimum atomic E-state index is 0.249. The fourth-order valence-electron chi connectivity index (χ4n) is 2.06. The molecule has 18 heavy (non-hydrogen) atoms. The van der Waals surface area contributed by atoms with Gasteiger partial charge in [-0.2, -0.15) is 4.98 Å². The first-order valence-corrected chi connectivity index (χ1v) is 6.89. The molecule has 96 valence electrons. The molecule has 3 rings (SSSR count). The van der Waals surface area contributed by atoms with E-state index >= 15 is 0 Å². The zero-order chi connectivity index (χ0) is 12.5. The van der Waals surface area contributed by atoms with Crippen LogP contribution in [0.2, 0.25) is 0 Å². The molecule has 2 aromatic heterocycles. The van der Waals surface area contributed by atoms with E-state index in [0.717, 1.165) is 41.4 Å². The van der Waals surface area contributed by atoms with Gasteiger partial charge in [-0.1, -0.05) is 5.16 Å². The maximum Gasteiger partial charge on any atom is 0.270 e. The van der Waals surface area contributed by atoms with E-state index in [1.165, 1.54) is 11.3 Å². The van der Waals surface area contributed by atoms with Crippen LogP contribution in [0.5, 0.6) is 0 Å². The highest BCUT2D eigenvalue weighted by Crippen LogP contribution is 2.34. The van der Waals surface area contributed by atoms with Crippen molar-refractivity contribution in [1.82, 2.24) is 10.1 Å². The number of nitrogens with zero attached hydrogens (tertiary/aromatic N) is 2. The summed E-state index contributed by atoms with van der Waals surface area (Å²) in [7, 11) is 0. The number of rotatable bonds is 2. The lowest BCUT2D eigenvalue weighted by atomic mass is 10.0. The van der Waals surface area contributed by atoms with E-state index in [4.69, 9.17) is 15.0 Å². The van der Waals surface area contributed by atoms with Crippen LogP contribution in [-0.4, -0.2) is 23.4 Å². The summed E-state index contributed by atoms with van der Waals surface area (Å²) < 4.78 is 10.7. The summed E-state index contributed by atoms with van der Waals surface area (Å²) in [4.78, 5) is 5.31. The fraction of sp³-hybridized carbons (Fsp3) is 0.500. The van der Waals surface area contributed by atoms with Crippen molar-refractivity contribution < 1.29 is 9.26 Å². The second-order valence-corrected chi connectivity index (χ2v) is 5.41. The topological polar surface area (TPSA) is 74.2 Å². The first-order chi connectivity index (χ1) is 8.75. The molecule has 2 aromatic rings. The van der Waals surface area contributed by atoms with Crippen molar-refractivity contribution in [3.8, 4) is 10.8 Å². The highest BCUT2D eigenvalue weighted by Gasteiger charge is 2.23. The molecule has 0 saturated carbocycles. The van der Waals surface area contributed by atoms with Crippen molar-refractivity contribution in [3.05, 3.63) is 16.8 Å². The van der Waals surface area contributed by atoms with Gasteiger partial charge in [0.05, 0.1) is 12.3 Å². The Kier molecular flexibility index (Phi) is 3.05. The van der Waals surface area contributed by atoms with E-state index in [2.05, 4.69) is 10.1 Å². The van der Waals surface area contributed by atoms with Gasteiger partial charge in [0.2, 0.25) is 0 Å². The van der Waals surface area contributed by atoms with E-state index in [1.807, 2.05) is 12.3 Å². The van der Waals surface area contributed by atoms with Gasteiger partial charge < -0.3 is 15.0 Å². The van der Waals surface area contributed by atoms with Crippen LogP contribution >= 0.6 is 11.3 Å². The third kappa shape index (κ3) is 2.02. The molecule has 0 radical (unpaired) electrons. The highest BCUT2D eigenvalue weighted by atomic mass is 32.1. The number of ether oxygens (including phenoxy) is 1. The lowest BCUT2D eigenvalue weighted by Gasteiger charge is -2.18. The normalized spacial score (nSPS) is 20.2. The SMILES string of the molecule is Cc1csc(-c2nc(C3CCCOC3)no2)c1N. The summed E-state index contributed by atoms with van der Waals surface area (Å²) in [6.07, 6.45) is 2.10. The molecule has 1 aliphatic heterocycles. The molecule has 2 N–H and O–H groups in total. The summed E-state index contributed by atoms with van der Waals surface area (Å²) in [5.41, 5.74) is 7.76. The largest absolute Gasteiger partial charge is 0.397 e. The molecular weight excluding hydrogens is 250 g/mol. The summed E-state index contributed by atoms with van der Waals surface area (Å²) in [5, 5.41) is 6.05. The Hall–Kier alpha value is -1.40.